The molecule has 0 bridgehead atoms. The lowest BCUT2D eigenvalue weighted by Gasteiger charge is -2.23. The molecule has 0 N–H and O–H groups in total. The van der Waals surface area contributed by atoms with Gasteiger partial charge in [-0.3, -0.25) is 0 Å². The third-order valence-electron chi connectivity index (χ3n) is 4.98. The highest BCUT2D eigenvalue weighted by Crippen LogP contribution is 2.34. The number of aryl methyl sites for hydroxylation is 1. The molecule has 144 valence electrons. The minimum Gasteiger partial charge on any atom is -0.497 e. The topological polar surface area (TPSA) is 18.5 Å². The molecule has 0 saturated heterocycles. The van der Waals surface area contributed by atoms with Gasteiger partial charge < -0.3 is 9.47 Å². The molecule has 0 radical (unpaired) electrons. The van der Waals surface area contributed by atoms with Crippen molar-refractivity contribution in [2.75, 3.05) is 7.11 Å². The number of ether oxygens (including phenoxy) is 2. The Balaban J connectivity index is 1.51. The number of halogens is 3. The fourth-order valence-electron chi connectivity index (χ4n) is 3.46. The van der Waals surface area contributed by atoms with E-state index in [1.807, 2.05) is 12.1 Å². The van der Waals surface area contributed by atoms with Crippen LogP contribution in [0.15, 0.2) is 60.2 Å². The van der Waals surface area contributed by atoms with Crippen LogP contribution < -0.4 is 9.47 Å². The van der Waals surface area contributed by atoms with Gasteiger partial charge in [-0.2, -0.15) is 0 Å². The highest BCUT2D eigenvalue weighted by molar-refractivity contribution is 5.31. The van der Waals surface area contributed by atoms with Crippen molar-refractivity contribution in [1.82, 2.24) is 0 Å². The molecule has 2 aromatic carbocycles. The van der Waals surface area contributed by atoms with Crippen LogP contribution in [0, 0.1) is 0 Å². The summed E-state index contributed by atoms with van der Waals surface area (Å²) in [5, 5.41) is 0. The van der Waals surface area contributed by atoms with E-state index in [9.17, 15) is 13.2 Å². The third-order valence-corrected chi connectivity index (χ3v) is 4.98. The van der Waals surface area contributed by atoms with Crippen LogP contribution in [0.4, 0.5) is 13.2 Å². The number of benzene rings is 2. The zero-order valence-electron chi connectivity index (χ0n) is 15.3. The Morgan fingerprint density at radius 1 is 0.926 bits per heavy atom. The number of hydrogen-bond donors (Lipinski definition) is 0. The molecule has 0 spiro atoms. The van der Waals surface area contributed by atoms with Crippen molar-refractivity contribution < 1.29 is 22.6 Å². The Labute approximate surface area is 157 Å². The summed E-state index contributed by atoms with van der Waals surface area (Å²) in [6.45, 7) is 0. The molecule has 1 unspecified atom stereocenters. The molecule has 2 nitrogen and oxygen atoms in total. The van der Waals surface area contributed by atoms with E-state index in [4.69, 9.17) is 4.74 Å². The van der Waals surface area contributed by atoms with Crippen molar-refractivity contribution in [1.29, 1.82) is 0 Å². The molecule has 0 saturated carbocycles. The highest BCUT2D eigenvalue weighted by Gasteiger charge is 2.31. The van der Waals surface area contributed by atoms with Crippen molar-refractivity contribution in [2.24, 2.45) is 0 Å². The molecule has 0 aliphatic heterocycles. The predicted octanol–water partition coefficient (Wildman–Crippen LogP) is 6.42. The fraction of sp³-hybridized carbons (Fsp3) is 0.364. The molecule has 0 fully saturated rings. The zero-order valence-corrected chi connectivity index (χ0v) is 15.3. The van der Waals surface area contributed by atoms with Gasteiger partial charge in [0.25, 0.3) is 0 Å². The number of allylic oxidation sites excluding steroid dienone is 2. The SMILES string of the molecule is COc1ccc(CCC2=CCC(c3ccc(OC(F)(F)F)cc3)CC2)cc1. The Morgan fingerprint density at radius 2 is 1.59 bits per heavy atom. The van der Waals surface area contributed by atoms with E-state index in [-0.39, 0.29) is 5.75 Å². The second-order valence-electron chi connectivity index (χ2n) is 6.80. The van der Waals surface area contributed by atoms with E-state index < -0.39 is 6.36 Å². The first kappa shape index (κ1) is 19.3. The standard InChI is InChI=1S/C22H23F3O2/c1-26-20-12-6-17(7-13-20)3-2-16-4-8-18(9-5-16)19-10-14-21(15-11-19)27-22(23,24)25/h4,6-7,10-15,18H,2-3,5,8-9H2,1H3. The Kier molecular flexibility index (Phi) is 6.09. The van der Waals surface area contributed by atoms with Crippen LogP contribution in [0.3, 0.4) is 0 Å². The van der Waals surface area contributed by atoms with Gasteiger partial charge in [-0.15, -0.1) is 13.2 Å². The molecule has 3 rings (SSSR count). The van der Waals surface area contributed by atoms with Crippen molar-refractivity contribution in [3.05, 3.63) is 71.3 Å². The Hall–Kier alpha value is -2.43. The monoisotopic (exact) mass is 376 g/mol. The first-order valence-corrected chi connectivity index (χ1v) is 9.09. The van der Waals surface area contributed by atoms with Gasteiger partial charge in [-0.1, -0.05) is 35.9 Å². The molecule has 1 aliphatic rings. The maximum absolute atomic E-state index is 12.2. The van der Waals surface area contributed by atoms with Crippen LogP contribution in [-0.4, -0.2) is 13.5 Å². The van der Waals surface area contributed by atoms with Gasteiger partial charge >= 0.3 is 6.36 Å². The summed E-state index contributed by atoms with van der Waals surface area (Å²) in [6.07, 6.45) is 2.67. The van der Waals surface area contributed by atoms with Crippen molar-refractivity contribution >= 4 is 0 Å². The summed E-state index contributed by atoms with van der Waals surface area (Å²) < 4.78 is 45.8. The zero-order chi connectivity index (χ0) is 19.3. The normalized spacial score (nSPS) is 17.3. The maximum Gasteiger partial charge on any atom is 0.573 e. The summed E-state index contributed by atoms with van der Waals surface area (Å²) in [6, 6.07) is 14.4. The first-order chi connectivity index (χ1) is 12.9. The van der Waals surface area contributed by atoms with E-state index in [1.54, 1.807) is 19.2 Å². The summed E-state index contributed by atoms with van der Waals surface area (Å²) in [4.78, 5) is 0. The lowest BCUT2D eigenvalue weighted by molar-refractivity contribution is -0.274. The van der Waals surface area contributed by atoms with Crippen LogP contribution in [0.5, 0.6) is 11.5 Å². The summed E-state index contributed by atoms with van der Waals surface area (Å²) in [5.41, 5.74) is 3.81. The van der Waals surface area contributed by atoms with E-state index in [0.717, 1.165) is 43.4 Å². The highest BCUT2D eigenvalue weighted by atomic mass is 19.4. The van der Waals surface area contributed by atoms with E-state index in [1.165, 1.54) is 23.3 Å². The Bertz CT molecular complexity index is 762. The quantitative estimate of drug-likeness (QED) is 0.542. The molecular weight excluding hydrogens is 353 g/mol. The van der Waals surface area contributed by atoms with Gasteiger partial charge in [0.15, 0.2) is 0 Å². The predicted molar refractivity (Wildman–Crippen MR) is 99.1 cm³/mol. The van der Waals surface area contributed by atoms with Gasteiger partial charge in [0, 0.05) is 0 Å². The smallest absolute Gasteiger partial charge is 0.497 e. The van der Waals surface area contributed by atoms with Crippen LogP contribution in [0.2, 0.25) is 0 Å². The lowest BCUT2D eigenvalue weighted by Crippen LogP contribution is -2.17. The summed E-state index contributed by atoms with van der Waals surface area (Å²) in [5.74, 6) is 1.05. The third kappa shape index (κ3) is 5.78. The number of alkyl halides is 3. The molecule has 0 heterocycles. The van der Waals surface area contributed by atoms with Crippen LogP contribution in [-0.2, 0) is 6.42 Å². The van der Waals surface area contributed by atoms with E-state index >= 15 is 0 Å². The molecule has 2 aromatic rings. The van der Waals surface area contributed by atoms with Crippen molar-refractivity contribution in [2.45, 2.75) is 44.4 Å². The summed E-state index contributed by atoms with van der Waals surface area (Å²) >= 11 is 0. The molecule has 0 amide bonds. The minimum absolute atomic E-state index is 0.169. The average molecular weight is 376 g/mol. The molecule has 5 heteroatoms. The molecule has 1 atom stereocenters. The number of hydrogen-bond acceptors (Lipinski definition) is 2. The fourth-order valence-corrected chi connectivity index (χ4v) is 3.46. The van der Waals surface area contributed by atoms with Gasteiger partial charge in [0.1, 0.15) is 11.5 Å². The molecule has 1 aliphatic carbocycles. The van der Waals surface area contributed by atoms with Gasteiger partial charge in [0.2, 0.25) is 0 Å². The lowest BCUT2D eigenvalue weighted by atomic mass is 9.83. The van der Waals surface area contributed by atoms with Crippen LogP contribution in [0.1, 0.15) is 42.7 Å². The Morgan fingerprint density at radius 3 is 2.15 bits per heavy atom. The largest absolute Gasteiger partial charge is 0.573 e. The van der Waals surface area contributed by atoms with E-state index in [0.29, 0.717) is 5.92 Å². The molecule has 27 heavy (non-hydrogen) atoms. The van der Waals surface area contributed by atoms with Crippen LogP contribution >= 0.6 is 0 Å². The minimum atomic E-state index is -4.64. The second-order valence-corrected chi connectivity index (χ2v) is 6.80. The molecular formula is C22H23F3O2. The maximum atomic E-state index is 12.2. The van der Waals surface area contributed by atoms with E-state index in [2.05, 4.69) is 22.9 Å². The van der Waals surface area contributed by atoms with Crippen molar-refractivity contribution in [3.8, 4) is 11.5 Å². The second kappa shape index (κ2) is 8.51. The van der Waals surface area contributed by atoms with Gasteiger partial charge in [-0.05, 0) is 73.4 Å². The average Bonchev–Trinajstić information content (AvgIpc) is 2.67. The number of methoxy groups -OCH3 is 1. The first-order valence-electron chi connectivity index (χ1n) is 9.09. The van der Waals surface area contributed by atoms with Gasteiger partial charge in [-0.25, -0.2) is 0 Å². The summed E-state index contributed by atoms with van der Waals surface area (Å²) in [7, 11) is 1.66. The molecule has 0 aromatic heterocycles. The van der Waals surface area contributed by atoms with Gasteiger partial charge in [0.05, 0.1) is 7.11 Å². The van der Waals surface area contributed by atoms with Crippen molar-refractivity contribution in [3.63, 3.8) is 0 Å². The number of rotatable bonds is 6. The van der Waals surface area contributed by atoms with Crippen LogP contribution in [0.25, 0.3) is 0 Å².